The van der Waals surface area contributed by atoms with Crippen LogP contribution in [-0.4, -0.2) is 56.3 Å². The first-order chi connectivity index (χ1) is 15.1. The molecule has 0 bridgehead atoms. The lowest BCUT2D eigenvalue weighted by atomic mass is 10.2. The third-order valence-corrected chi connectivity index (χ3v) is 5.19. The molecule has 0 aliphatic carbocycles. The molecule has 0 atom stereocenters. The van der Waals surface area contributed by atoms with E-state index < -0.39 is 0 Å². The molecule has 0 aliphatic rings. The Balaban J connectivity index is 1.54. The molecule has 10 heteroatoms. The molecule has 0 spiro atoms. The number of hydrogen-bond donors (Lipinski definition) is 1. The number of oxime groups is 1. The van der Waals surface area contributed by atoms with Crippen LogP contribution >= 0.6 is 0 Å². The van der Waals surface area contributed by atoms with Gasteiger partial charge in [0.05, 0.1) is 32.4 Å². The Labute approximate surface area is 178 Å². The van der Waals surface area contributed by atoms with Gasteiger partial charge in [-0.15, -0.1) is 5.10 Å². The molecule has 3 aromatic heterocycles. The van der Waals surface area contributed by atoms with E-state index in [1.165, 1.54) is 0 Å². The molecule has 0 saturated carbocycles. The van der Waals surface area contributed by atoms with E-state index in [0.717, 1.165) is 27.9 Å². The number of fused-ring (bicyclic) bond motifs is 3. The summed E-state index contributed by atoms with van der Waals surface area (Å²) in [5.41, 5.74) is 4.40. The first kappa shape index (κ1) is 20.6. The molecule has 10 nitrogen and oxygen atoms in total. The Morgan fingerprint density at radius 1 is 1.13 bits per heavy atom. The van der Waals surface area contributed by atoms with Crippen molar-refractivity contribution in [2.75, 3.05) is 20.8 Å². The Hall–Kier alpha value is -3.66. The van der Waals surface area contributed by atoms with E-state index >= 15 is 0 Å². The molecule has 162 valence electrons. The van der Waals surface area contributed by atoms with Crippen molar-refractivity contribution in [1.29, 1.82) is 0 Å². The minimum absolute atomic E-state index is 0.0424. The van der Waals surface area contributed by atoms with Crippen LogP contribution < -0.4 is 9.47 Å². The monoisotopic (exact) mass is 424 g/mol. The van der Waals surface area contributed by atoms with Crippen molar-refractivity contribution in [3.8, 4) is 11.5 Å². The van der Waals surface area contributed by atoms with Gasteiger partial charge in [0.1, 0.15) is 12.0 Å². The summed E-state index contributed by atoms with van der Waals surface area (Å²) < 4.78 is 14.1. The molecule has 1 aromatic carbocycles. The molecule has 0 saturated heterocycles. The number of hydrogen-bond acceptors (Lipinski definition) is 8. The first-order valence-corrected chi connectivity index (χ1v) is 9.75. The first-order valence-electron chi connectivity index (χ1n) is 9.75. The van der Waals surface area contributed by atoms with Gasteiger partial charge < -0.3 is 24.0 Å². The van der Waals surface area contributed by atoms with Gasteiger partial charge in [-0.1, -0.05) is 5.16 Å². The minimum Gasteiger partial charge on any atom is -0.493 e. The smallest absolute Gasteiger partial charge is 0.192 e. The molecule has 1 N–H and O–H groups in total. The number of aliphatic hydroxyl groups excluding tert-OH is 1. The van der Waals surface area contributed by atoms with Gasteiger partial charge >= 0.3 is 0 Å². The van der Waals surface area contributed by atoms with Gasteiger partial charge in [0, 0.05) is 17.8 Å². The summed E-state index contributed by atoms with van der Waals surface area (Å²) in [7, 11) is 3.17. The predicted molar refractivity (Wildman–Crippen MR) is 115 cm³/mol. The maximum atomic E-state index is 9.36. The van der Waals surface area contributed by atoms with Crippen molar-refractivity contribution in [2.45, 2.75) is 27.0 Å². The van der Waals surface area contributed by atoms with Crippen molar-refractivity contribution in [3.63, 3.8) is 0 Å². The number of aryl methyl sites for hydroxylation is 1. The molecule has 4 aromatic rings. The predicted octanol–water partition coefficient (Wildman–Crippen LogP) is 2.26. The lowest BCUT2D eigenvalue weighted by Crippen LogP contribution is -2.05. The summed E-state index contributed by atoms with van der Waals surface area (Å²) in [6.45, 7) is 4.66. The Morgan fingerprint density at radius 2 is 1.94 bits per heavy atom. The van der Waals surface area contributed by atoms with Crippen molar-refractivity contribution in [1.82, 2.24) is 24.1 Å². The van der Waals surface area contributed by atoms with Crippen LogP contribution in [0.3, 0.4) is 0 Å². The van der Waals surface area contributed by atoms with E-state index in [1.807, 2.05) is 24.5 Å². The van der Waals surface area contributed by atoms with E-state index in [-0.39, 0.29) is 13.2 Å². The summed E-state index contributed by atoms with van der Waals surface area (Å²) in [5, 5.41) is 18.7. The van der Waals surface area contributed by atoms with E-state index in [4.69, 9.17) is 14.3 Å². The molecule has 0 radical (unpaired) electrons. The number of aromatic nitrogens is 5. The molecule has 0 unspecified atom stereocenters. The van der Waals surface area contributed by atoms with Crippen LogP contribution in [0.1, 0.15) is 22.6 Å². The third kappa shape index (κ3) is 3.77. The fourth-order valence-electron chi connectivity index (χ4n) is 3.54. The van der Waals surface area contributed by atoms with Crippen LogP contribution in [-0.2, 0) is 18.0 Å². The van der Waals surface area contributed by atoms with Gasteiger partial charge in [0.15, 0.2) is 29.6 Å². The topological polar surface area (TPSA) is 108 Å². The fraction of sp³-hybridized carbons (Fsp3) is 0.333. The van der Waals surface area contributed by atoms with Gasteiger partial charge in [-0.05, 0) is 37.6 Å². The standard InChI is InChI=1S/C21H24N6O4/c1-13-14(2)26(7-8-28)20-19(13)21-24-18(25-27(21)12-22-20)11-31-23-10-15-5-6-16(29-3)17(9-15)30-4/h5-6,9-10,12,28H,7-8,11H2,1-4H3/b23-10+. The second-order valence-corrected chi connectivity index (χ2v) is 6.95. The zero-order valence-corrected chi connectivity index (χ0v) is 17.9. The van der Waals surface area contributed by atoms with E-state index in [0.29, 0.717) is 29.5 Å². The molecular weight excluding hydrogens is 400 g/mol. The molecule has 0 fully saturated rings. The number of ether oxygens (including phenoxy) is 2. The fourth-order valence-corrected chi connectivity index (χ4v) is 3.54. The highest BCUT2D eigenvalue weighted by Gasteiger charge is 2.17. The summed E-state index contributed by atoms with van der Waals surface area (Å²) in [4.78, 5) is 14.5. The van der Waals surface area contributed by atoms with E-state index in [9.17, 15) is 5.11 Å². The van der Waals surface area contributed by atoms with Crippen LogP contribution in [0.25, 0.3) is 16.7 Å². The number of aliphatic hydroxyl groups is 1. The average molecular weight is 424 g/mol. The Bertz CT molecular complexity index is 1260. The summed E-state index contributed by atoms with van der Waals surface area (Å²) >= 11 is 0. The number of methoxy groups -OCH3 is 2. The van der Waals surface area contributed by atoms with Crippen LogP contribution in [0, 0.1) is 13.8 Å². The van der Waals surface area contributed by atoms with Crippen LogP contribution in [0.5, 0.6) is 11.5 Å². The SMILES string of the molecule is COc1ccc(/C=N/OCc2nc3c4c(C)c(C)n(CCO)c4ncn3n2)cc1OC. The highest BCUT2D eigenvalue weighted by molar-refractivity contribution is 5.93. The zero-order valence-electron chi connectivity index (χ0n) is 17.9. The van der Waals surface area contributed by atoms with Crippen molar-refractivity contribution < 1.29 is 19.4 Å². The average Bonchev–Trinajstić information content (AvgIpc) is 3.31. The maximum absolute atomic E-state index is 9.36. The maximum Gasteiger partial charge on any atom is 0.192 e. The van der Waals surface area contributed by atoms with Crippen LogP contribution in [0.4, 0.5) is 0 Å². The molecular formula is C21H24N6O4. The van der Waals surface area contributed by atoms with Crippen LogP contribution in [0.2, 0.25) is 0 Å². The number of rotatable bonds is 8. The molecule has 0 aliphatic heterocycles. The highest BCUT2D eigenvalue weighted by atomic mass is 16.6. The number of nitrogens with zero attached hydrogens (tertiary/aromatic N) is 6. The molecule has 31 heavy (non-hydrogen) atoms. The summed E-state index contributed by atoms with van der Waals surface area (Å²) in [5.74, 6) is 1.75. The largest absolute Gasteiger partial charge is 0.493 e. The van der Waals surface area contributed by atoms with Crippen molar-refractivity contribution in [2.24, 2.45) is 5.16 Å². The third-order valence-electron chi connectivity index (χ3n) is 5.19. The van der Waals surface area contributed by atoms with Gasteiger partial charge in [-0.3, -0.25) is 0 Å². The molecule has 4 rings (SSSR count). The zero-order chi connectivity index (χ0) is 22.0. The Kier molecular flexibility index (Phi) is 5.72. The lowest BCUT2D eigenvalue weighted by molar-refractivity contribution is 0.126. The van der Waals surface area contributed by atoms with Crippen LogP contribution in [0.15, 0.2) is 29.7 Å². The Morgan fingerprint density at radius 3 is 2.68 bits per heavy atom. The molecule has 0 amide bonds. The quantitative estimate of drug-likeness (QED) is 0.341. The van der Waals surface area contributed by atoms with Gasteiger partial charge in [-0.25, -0.2) is 14.5 Å². The van der Waals surface area contributed by atoms with Crippen molar-refractivity contribution >= 4 is 22.9 Å². The van der Waals surface area contributed by atoms with Crippen molar-refractivity contribution in [3.05, 3.63) is 47.2 Å². The van der Waals surface area contributed by atoms with Gasteiger partial charge in [-0.2, -0.15) is 0 Å². The lowest BCUT2D eigenvalue weighted by Gasteiger charge is -2.07. The summed E-state index contributed by atoms with van der Waals surface area (Å²) in [6.07, 6.45) is 3.20. The number of benzene rings is 1. The van der Waals surface area contributed by atoms with Gasteiger partial charge in [0.25, 0.3) is 0 Å². The van der Waals surface area contributed by atoms with E-state index in [2.05, 4.69) is 20.2 Å². The van der Waals surface area contributed by atoms with Gasteiger partial charge in [0.2, 0.25) is 0 Å². The highest BCUT2D eigenvalue weighted by Crippen LogP contribution is 2.27. The second-order valence-electron chi connectivity index (χ2n) is 6.95. The summed E-state index contributed by atoms with van der Waals surface area (Å²) in [6, 6.07) is 5.46. The normalized spacial score (nSPS) is 11.6. The molecule has 3 heterocycles. The second kappa shape index (κ2) is 8.60. The minimum atomic E-state index is 0.0424. The van der Waals surface area contributed by atoms with E-state index in [1.54, 1.807) is 43.4 Å².